The lowest BCUT2D eigenvalue weighted by Crippen LogP contribution is -2.29. The van der Waals surface area contributed by atoms with Gasteiger partial charge in [0.1, 0.15) is 5.82 Å². The highest BCUT2D eigenvalue weighted by atomic mass is 35.5. The Morgan fingerprint density at radius 2 is 1.90 bits per heavy atom. The van der Waals surface area contributed by atoms with Crippen LogP contribution in [-0.4, -0.2) is 22.0 Å². The second kappa shape index (κ2) is 8.08. The largest absolute Gasteiger partial charge is 0.316 e. The van der Waals surface area contributed by atoms with Crippen molar-refractivity contribution in [3.8, 4) is 0 Å². The Morgan fingerprint density at radius 3 is 2.43 bits per heavy atom. The number of hydrogen-bond acceptors (Lipinski definition) is 3. The summed E-state index contributed by atoms with van der Waals surface area (Å²) in [7, 11) is -2.05. The zero-order valence-corrected chi connectivity index (χ0v) is 14.1. The fourth-order valence-electron chi connectivity index (χ4n) is 1.98. The Bertz CT molecular complexity index is 575. The lowest BCUT2D eigenvalue weighted by atomic mass is 10.0. The Labute approximate surface area is 131 Å². The molecule has 0 unspecified atom stereocenters. The number of sulfonamides is 1. The molecule has 0 spiro atoms. The number of hydrogen-bond donors (Lipinski definition) is 2. The predicted molar refractivity (Wildman–Crippen MR) is 83.4 cm³/mol. The van der Waals surface area contributed by atoms with E-state index in [9.17, 15) is 12.8 Å². The van der Waals surface area contributed by atoms with E-state index in [1.54, 1.807) is 7.05 Å². The second-order valence-corrected chi connectivity index (χ2v) is 7.09. The van der Waals surface area contributed by atoms with E-state index in [4.69, 9.17) is 11.6 Å². The highest BCUT2D eigenvalue weighted by Crippen LogP contribution is 2.24. The van der Waals surface area contributed by atoms with Crippen LogP contribution in [0.1, 0.15) is 32.3 Å². The van der Waals surface area contributed by atoms with Crippen molar-refractivity contribution in [3.05, 3.63) is 28.5 Å². The maximum absolute atomic E-state index is 13.8. The van der Waals surface area contributed by atoms with E-state index < -0.39 is 15.8 Å². The second-order valence-electron chi connectivity index (χ2n) is 4.94. The highest BCUT2D eigenvalue weighted by Gasteiger charge is 2.19. The van der Waals surface area contributed by atoms with Crippen molar-refractivity contribution in [2.45, 2.75) is 38.1 Å². The van der Waals surface area contributed by atoms with E-state index in [0.717, 1.165) is 18.9 Å². The van der Waals surface area contributed by atoms with E-state index in [0.29, 0.717) is 18.7 Å². The van der Waals surface area contributed by atoms with Gasteiger partial charge in [-0.3, -0.25) is 0 Å². The molecule has 0 aliphatic carbocycles. The number of halogens is 2. The van der Waals surface area contributed by atoms with Crippen LogP contribution in [0.4, 0.5) is 4.39 Å². The molecule has 0 aromatic heterocycles. The predicted octanol–water partition coefficient (Wildman–Crippen LogP) is 2.91. The van der Waals surface area contributed by atoms with Crippen molar-refractivity contribution in [3.63, 3.8) is 0 Å². The van der Waals surface area contributed by atoms with Gasteiger partial charge in [0.25, 0.3) is 0 Å². The van der Waals surface area contributed by atoms with Gasteiger partial charge in [0, 0.05) is 13.1 Å². The van der Waals surface area contributed by atoms with Crippen LogP contribution in [0.5, 0.6) is 0 Å². The first-order chi connectivity index (χ1) is 9.85. The molecule has 4 nitrogen and oxygen atoms in total. The molecule has 2 N–H and O–H groups in total. The molecular formula is C14H22ClFN2O2S. The monoisotopic (exact) mass is 336 g/mol. The fourth-order valence-corrected chi connectivity index (χ4v) is 3.33. The molecule has 1 rings (SSSR count). The molecule has 0 aliphatic heterocycles. The molecule has 1 aromatic carbocycles. The van der Waals surface area contributed by atoms with E-state index in [-0.39, 0.29) is 15.8 Å². The summed E-state index contributed by atoms with van der Waals surface area (Å²) in [4.78, 5) is -0.0967. The van der Waals surface area contributed by atoms with Crippen LogP contribution in [-0.2, 0) is 16.6 Å². The Kier molecular flexibility index (Phi) is 7.06. The van der Waals surface area contributed by atoms with Crippen molar-refractivity contribution in [2.24, 2.45) is 5.92 Å². The van der Waals surface area contributed by atoms with Crippen LogP contribution in [0.15, 0.2) is 17.0 Å². The van der Waals surface area contributed by atoms with Gasteiger partial charge in [0.05, 0.1) is 9.92 Å². The quantitative estimate of drug-likeness (QED) is 0.767. The molecular weight excluding hydrogens is 315 g/mol. The van der Waals surface area contributed by atoms with Crippen molar-refractivity contribution in [2.75, 3.05) is 13.6 Å². The van der Waals surface area contributed by atoms with Gasteiger partial charge in [-0.25, -0.2) is 17.5 Å². The normalized spacial score (nSPS) is 12.1. The zero-order valence-electron chi connectivity index (χ0n) is 12.5. The lowest BCUT2D eigenvalue weighted by Gasteiger charge is -2.14. The van der Waals surface area contributed by atoms with E-state index in [1.165, 1.54) is 6.07 Å². The first-order valence-electron chi connectivity index (χ1n) is 6.97. The molecule has 21 heavy (non-hydrogen) atoms. The van der Waals surface area contributed by atoms with E-state index in [2.05, 4.69) is 10.0 Å². The summed E-state index contributed by atoms with van der Waals surface area (Å²) in [5.41, 5.74) is 0.419. The van der Waals surface area contributed by atoms with Crippen LogP contribution in [0, 0.1) is 11.7 Å². The van der Waals surface area contributed by atoms with Gasteiger partial charge in [0.15, 0.2) is 0 Å². The summed E-state index contributed by atoms with van der Waals surface area (Å²) in [6.07, 6.45) is 1.78. The SMILES string of the molecule is CCC(CC)CNS(=O)(=O)c1cc(F)c(Cl)c(CNC)c1. The topological polar surface area (TPSA) is 58.2 Å². The molecule has 120 valence electrons. The standard InChI is InChI=1S/C14H22ClFN2O2S/c1-4-10(5-2)8-18-21(19,20)12-6-11(9-17-3)14(15)13(16)7-12/h6-7,10,17-18H,4-5,8-9H2,1-3H3. The highest BCUT2D eigenvalue weighted by molar-refractivity contribution is 7.89. The van der Waals surface area contributed by atoms with Gasteiger partial charge in [-0.05, 0) is 30.7 Å². The van der Waals surface area contributed by atoms with Crippen LogP contribution in [0.3, 0.4) is 0 Å². The molecule has 0 aliphatic rings. The van der Waals surface area contributed by atoms with Gasteiger partial charge in [-0.2, -0.15) is 0 Å². The van der Waals surface area contributed by atoms with Gasteiger partial charge in [-0.15, -0.1) is 0 Å². The van der Waals surface area contributed by atoms with Crippen LogP contribution >= 0.6 is 11.6 Å². The van der Waals surface area contributed by atoms with Gasteiger partial charge >= 0.3 is 0 Å². The lowest BCUT2D eigenvalue weighted by molar-refractivity contribution is 0.478. The Balaban J connectivity index is 3.02. The Morgan fingerprint density at radius 1 is 1.29 bits per heavy atom. The first kappa shape index (κ1) is 18.4. The summed E-state index contributed by atoms with van der Waals surface area (Å²) in [5, 5.41) is 2.78. The molecule has 0 radical (unpaired) electrons. The smallest absolute Gasteiger partial charge is 0.240 e. The number of nitrogens with one attached hydrogen (secondary N) is 2. The average molecular weight is 337 g/mol. The third-order valence-corrected chi connectivity index (χ3v) is 5.30. The minimum atomic E-state index is -3.73. The third-order valence-electron chi connectivity index (χ3n) is 3.47. The third kappa shape index (κ3) is 4.92. The molecule has 0 amide bonds. The molecule has 0 atom stereocenters. The van der Waals surface area contributed by atoms with Gasteiger partial charge < -0.3 is 5.32 Å². The minimum absolute atomic E-state index is 0.0525. The molecule has 1 aromatic rings. The van der Waals surface area contributed by atoms with Crippen LogP contribution in [0.25, 0.3) is 0 Å². The summed E-state index contributed by atoms with van der Waals surface area (Å²) in [5.74, 6) is -0.457. The van der Waals surface area contributed by atoms with Crippen molar-refractivity contribution in [1.82, 2.24) is 10.0 Å². The van der Waals surface area contributed by atoms with E-state index >= 15 is 0 Å². The number of rotatable bonds is 8. The maximum atomic E-state index is 13.8. The first-order valence-corrected chi connectivity index (χ1v) is 8.83. The minimum Gasteiger partial charge on any atom is -0.316 e. The fraction of sp³-hybridized carbons (Fsp3) is 0.571. The summed E-state index contributed by atoms with van der Waals surface area (Å²) < 4.78 is 40.8. The molecule has 0 heterocycles. The molecule has 0 saturated carbocycles. The van der Waals surface area contributed by atoms with Crippen molar-refractivity contribution in [1.29, 1.82) is 0 Å². The summed E-state index contributed by atoms with van der Waals surface area (Å²) >= 11 is 5.84. The molecule has 0 bridgehead atoms. The van der Waals surface area contributed by atoms with Crippen LogP contribution < -0.4 is 10.0 Å². The molecule has 0 saturated heterocycles. The average Bonchev–Trinajstić information content (AvgIpc) is 2.44. The summed E-state index contributed by atoms with van der Waals surface area (Å²) in [6.45, 7) is 4.66. The van der Waals surface area contributed by atoms with Crippen molar-refractivity contribution < 1.29 is 12.8 Å². The van der Waals surface area contributed by atoms with Crippen LogP contribution in [0.2, 0.25) is 5.02 Å². The van der Waals surface area contributed by atoms with Gasteiger partial charge in [0.2, 0.25) is 10.0 Å². The molecule has 0 fully saturated rings. The number of benzene rings is 1. The zero-order chi connectivity index (χ0) is 16.0. The molecule has 7 heteroatoms. The van der Waals surface area contributed by atoms with Crippen molar-refractivity contribution >= 4 is 21.6 Å². The maximum Gasteiger partial charge on any atom is 0.240 e. The summed E-state index contributed by atoms with van der Waals surface area (Å²) in [6, 6.07) is 2.36. The van der Waals surface area contributed by atoms with Gasteiger partial charge in [-0.1, -0.05) is 38.3 Å². The Hall–Kier alpha value is -0.690. The van der Waals surface area contributed by atoms with E-state index in [1.807, 2.05) is 13.8 Å².